The first-order valence-electron chi connectivity index (χ1n) is 8.95. The summed E-state index contributed by atoms with van der Waals surface area (Å²) in [5.41, 5.74) is 0.841. The number of halogens is 2. The number of aromatic nitrogens is 4. The van der Waals surface area contributed by atoms with Crippen molar-refractivity contribution in [3.63, 3.8) is 0 Å². The van der Waals surface area contributed by atoms with Gasteiger partial charge in [-0.2, -0.15) is 0 Å². The first kappa shape index (κ1) is 19.1. The number of ether oxygens (including phenoxy) is 1. The van der Waals surface area contributed by atoms with Crippen LogP contribution in [0.4, 0.5) is 14.6 Å². The average Bonchev–Trinajstić information content (AvgIpc) is 3.07. The molecule has 0 N–H and O–H groups in total. The third-order valence-corrected chi connectivity index (χ3v) is 5.34. The largest absolute Gasteiger partial charge is 0.377 e. The van der Waals surface area contributed by atoms with E-state index in [1.54, 1.807) is 30.3 Å². The van der Waals surface area contributed by atoms with Crippen LogP contribution in [0.5, 0.6) is 0 Å². The molecule has 2 aromatic heterocycles. The van der Waals surface area contributed by atoms with Gasteiger partial charge in [-0.1, -0.05) is 23.9 Å². The summed E-state index contributed by atoms with van der Waals surface area (Å²) < 4.78 is 34.5. The number of para-hydroxylation sites is 2. The Bertz CT molecular complexity index is 1010. The Morgan fingerprint density at radius 3 is 2.61 bits per heavy atom. The van der Waals surface area contributed by atoms with E-state index in [2.05, 4.69) is 33.7 Å². The van der Waals surface area contributed by atoms with Gasteiger partial charge in [0, 0.05) is 12.6 Å². The molecule has 0 aliphatic carbocycles. The third-order valence-electron chi connectivity index (χ3n) is 4.79. The van der Waals surface area contributed by atoms with E-state index in [1.807, 2.05) is 6.26 Å². The highest BCUT2D eigenvalue weighted by molar-refractivity contribution is 7.98. The predicted molar refractivity (Wildman–Crippen MR) is 106 cm³/mol. The van der Waals surface area contributed by atoms with Crippen LogP contribution < -0.4 is 4.90 Å². The van der Waals surface area contributed by atoms with Crippen molar-refractivity contribution in [2.45, 2.75) is 31.0 Å². The van der Waals surface area contributed by atoms with E-state index in [0.29, 0.717) is 47.6 Å². The van der Waals surface area contributed by atoms with Crippen molar-refractivity contribution in [2.24, 2.45) is 0 Å². The molecule has 28 heavy (non-hydrogen) atoms. The number of rotatable bonds is 4. The van der Waals surface area contributed by atoms with Crippen molar-refractivity contribution in [3.8, 4) is 5.82 Å². The van der Waals surface area contributed by atoms with Crippen LogP contribution in [0.1, 0.15) is 26.1 Å². The molecule has 1 fully saturated rings. The number of hydrogen-bond donors (Lipinski definition) is 0. The third kappa shape index (κ3) is 3.33. The molecule has 4 rings (SSSR count). The first-order chi connectivity index (χ1) is 13.4. The lowest BCUT2D eigenvalue weighted by atomic mass is 10.0. The summed E-state index contributed by atoms with van der Waals surface area (Å²) >= 11 is 1.38. The zero-order valence-corrected chi connectivity index (χ0v) is 16.7. The van der Waals surface area contributed by atoms with E-state index < -0.39 is 6.43 Å². The molecule has 1 aliphatic rings. The second-order valence-electron chi connectivity index (χ2n) is 7.18. The van der Waals surface area contributed by atoms with Gasteiger partial charge in [-0.25, -0.2) is 23.7 Å². The van der Waals surface area contributed by atoms with Gasteiger partial charge in [-0.3, -0.25) is 4.57 Å². The molecule has 0 radical (unpaired) electrons. The van der Waals surface area contributed by atoms with Gasteiger partial charge < -0.3 is 9.64 Å². The van der Waals surface area contributed by atoms with E-state index in [-0.39, 0.29) is 11.4 Å². The van der Waals surface area contributed by atoms with E-state index in [1.165, 1.54) is 16.3 Å². The van der Waals surface area contributed by atoms with Crippen LogP contribution in [0.25, 0.3) is 16.9 Å². The van der Waals surface area contributed by atoms with Crippen molar-refractivity contribution in [3.05, 3.63) is 36.2 Å². The van der Waals surface area contributed by atoms with Crippen LogP contribution in [0.3, 0.4) is 0 Å². The standard InChI is InChI=1S/C19H21F2N5OS/c1-19(2)11-27-9-8-25(19)14-10-15(24-18(23-14)28-3)26-13-7-5-4-6-12(13)22-17(26)16(20)21/h4-7,10,16H,8-9,11H2,1-3H3. The molecule has 6 nitrogen and oxygen atoms in total. The van der Waals surface area contributed by atoms with Gasteiger partial charge in [0.25, 0.3) is 6.43 Å². The fourth-order valence-corrected chi connectivity index (χ4v) is 3.83. The Labute approximate surface area is 165 Å². The first-order valence-corrected chi connectivity index (χ1v) is 10.2. The molecule has 9 heteroatoms. The normalized spacial score (nSPS) is 16.9. The molecule has 1 aromatic carbocycles. The summed E-state index contributed by atoms with van der Waals surface area (Å²) in [7, 11) is 0. The quantitative estimate of drug-likeness (QED) is 0.481. The molecule has 0 bridgehead atoms. The van der Waals surface area contributed by atoms with Gasteiger partial charge in [0.05, 0.1) is 29.8 Å². The van der Waals surface area contributed by atoms with Gasteiger partial charge in [-0.15, -0.1) is 0 Å². The maximum absolute atomic E-state index is 13.8. The smallest absolute Gasteiger partial charge is 0.296 e. The van der Waals surface area contributed by atoms with Crippen LogP contribution >= 0.6 is 11.8 Å². The number of morpholine rings is 1. The number of fused-ring (bicyclic) bond motifs is 1. The second kappa shape index (κ2) is 7.29. The van der Waals surface area contributed by atoms with Crippen molar-refractivity contribution >= 4 is 28.6 Å². The number of alkyl halides is 2. The van der Waals surface area contributed by atoms with Gasteiger partial charge in [0.2, 0.25) is 0 Å². The summed E-state index contributed by atoms with van der Waals surface area (Å²) in [6.45, 7) is 5.97. The number of nitrogens with zero attached hydrogens (tertiary/aromatic N) is 5. The lowest BCUT2D eigenvalue weighted by molar-refractivity contribution is 0.0638. The molecule has 0 spiro atoms. The minimum absolute atomic E-state index is 0.262. The van der Waals surface area contributed by atoms with Gasteiger partial charge >= 0.3 is 0 Å². The monoisotopic (exact) mass is 405 g/mol. The van der Waals surface area contributed by atoms with Crippen LogP contribution in [-0.2, 0) is 4.74 Å². The van der Waals surface area contributed by atoms with Crippen LogP contribution in [0.2, 0.25) is 0 Å². The molecule has 0 amide bonds. The Hall–Kier alpha value is -2.26. The summed E-state index contributed by atoms with van der Waals surface area (Å²) in [4.78, 5) is 15.4. The SMILES string of the molecule is CSc1nc(N2CCOCC2(C)C)cc(-n2c(C(F)F)nc3ccccc32)n1. The zero-order valence-electron chi connectivity index (χ0n) is 15.9. The summed E-state index contributed by atoms with van der Waals surface area (Å²) in [5.74, 6) is 0.764. The summed E-state index contributed by atoms with van der Waals surface area (Å²) in [6, 6.07) is 8.84. The highest BCUT2D eigenvalue weighted by Crippen LogP contribution is 2.32. The molecule has 3 heterocycles. The predicted octanol–water partition coefficient (Wildman–Crippen LogP) is 4.09. The Kier molecular flexibility index (Phi) is 4.96. The lowest BCUT2D eigenvalue weighted by Crippen LogP contribution is -2.53. The van der Waals surface area contributed by atoms with Crippen molar-refractivity contribution < 1.29 is 13.5 Å². The second-order valence-corrected chi connectivity index (χ2v) is 7.96. The molecular weight excluding hydrogens is 384 g/mol. The average molecular weight is 405 g/mol. The Balaban J connectivity index is 1.92. The van der Waals surface area contributed by atoms with E-state index >= 15 is 0 Å². The van der Waals surface area contributed by atoms with Gasteiger partial charge in [0.15, 0.2) is 11.0 Å². The molecule has 3 aromatic rings. The van der Waals surface area contributed by atoms with Gasteiger partial charge in [0.1, 0.15) is 11.6 Å². The van der Waals surface area contributed by atoms with Crippen LogP contribution in [-0.4, -0.2) is 51.1 Å². The van der Waals surface area contributed by atoms with Crippen LogP contribution in [0.15, 0.2) is 35.5 Å². The maximum Gasteiger partial charge on any atom is 0.296 e. The number of anilines is 1. The highest BCUT2D eigenvalue weighted by Gasteiger charge is 2.32. The minimum Gasteiger partial charge on any atom is -0.377 e. The van der Waals surface area contributed by atoms with Crippen molar-refractivity contribution in [1.82, 2.24) is 19.5 Å². The number of thioether (sulfide) groups is 1. The van der Waals surface area contributed by atoms with E-state index in [0.717, 1.165) is 0 Å². The molecule has 148 valence electrons. The van der Waals surface area contributed by atoms with Gasteiger partial charge in [-0.05, 0) is 32.2 Å². The molecule has 0 unspecified atom stereocenters. The van der Waals surface area contributed by atoms with Crippen molar-refractivity contribution in [1.29, 1.82) is 0 Å². The zero-order chi connectivity index (χ0) is 19.9. The summed E-state index contributed by atoms with van der Waals surface area (Å²) in [6.07, 6.45) is -0.851. The topological polar surface area (TPSA) is 56.1 Å². The fraction of sp³-hybridized carbons (Fsp3) is 0.421. The molecular formula is C19H21F2N5OS. The Morgan fingerprint density at radius 1 is 1.14 bits per heavy atom. The van der Waals surface area contributed by atoms with Crippen molar-refractivity contribution in [2.75, 3.05) is 30.9 Å². The molecule has 1 saturated heterocycles. The molecule has 0 saturated carbocycles. The summed E-state index contributed by atoms with van der Waals surface area (Å²) in [5, 5.41) is 0.521. The van der Waals surface area contributed by atoms with Crippen LogP contribution in [0, 0.1) is 0 Å². The maximum atomic E-state index is 13.8. The number of imidazole rings is 1. The van der Waals surface area contributed by atoms with E-state index in [4.69, 9.17) is 4.74 Å². The number of benzene rings is 1. The minimum atomic E-state index is -2.72. The lowest BCUT2D eigenvalue weighted by Gasteiger charge is -2.43. The number of hydrogen-bond acceptors (Lipinski definition) is 6. The fourth-order valence-electron chi connectivity index (χ4n) is 3.46. The highest BCUT2D eigenvalue weighted by atomic mass is 32.2. The molecule has 1 aliphatic heterocycles. The van der Waals surface area contributed by atoms with E-state index in [9.17, 15) is 8.78 Å². The Morgan fingerprint density at radius 2 is 1.89 bits per heavy atom. The molecule has 0 atom stereocenters.